The van der Waals surface area contributed by atoms with E-state index in [1.165, 1.54) is 4.88 Å². The lowest BCUT2D eigenvalue weighted by atomic mass is 9.93. The summed E-state index contributed by atoms with van der Waals surface area (Å²) < 4.78 is 0. The highest BCUT2D eigenvalue weighted by Gasteiger charge is 2.37. The summed E-state index contributed by atoms with van der Waals surface area (Å²) >= 11 is 1.64. The first-order valence-electron chi connectivity index (χ1n) is 8.83. The van der Waals surface area contributed by atoms with Gasteiger partial charge in [0.2, 0.25) is 5.91 Å². The van der Waals surface area contributed by atoms with Gasteiger partial charge >= 0.3 is 0 Å². The van der Waals surface area contributed by atoms with Gasteiger partial charge in [0.15, 0.2) is 5.13 Å². The van der Waals surface area contributed by atoms with Crippen LogP contribution in [0.15, 0.2) is 36.5 Å². The molecule has 0 bridgehead atoms. The van der Waals surface area contributed by atoms with E-state index in [4.69, 9.17) is 0 Å². The molecule has 4 rings (SSSR count). The van der Waals surface area contributed by atoms with Crippen LogP contribution in [0.5, 0.6) is 0 Å². The summed E-state index contributed by atoms with van der Waals surface area (Å²) in [5, 5.41) is 7.21. The van der Waals surface area contributed by atoms with Crippen LogP contribution < -0.4 is 10.6 Å². The second-order valence-corrected chi connectivity index (χ2v) is 7.87. The first-order valence-corrected chi connectivity index (χ1v) is 9.65. The molecule has 1 aliphatic heterocycles. The number of anilines is 1. The molecule has 0 spiro atoms. The van der Waals surface area contributed by atoms with Gasteiger partial charge in [-0.2, -0.15) is 0 Å². The van der Waals surface area contributed by atoms with Gasteiger partial charge in [0.1, 0.15) is 0 Å². The molecule has 1 aliphatic carbocycles. The van der Waals surface area contributed by atoms with Crippen LogP contribution in [-0.2, 0) is 4.79 Å². The van der Waals surface area contributed by atoms with Crippen LogP contribution in [0.4, 0.5) is 5.13 Å². The molecule has 2 N–H and O–H groups in total. The van der Waals surface area contributed by atoms with E-state index in [1.54, 1.807) is 11.3 Å². The van der Waals surface area contributed by atoms with Crippen molar-refractivity contribution in [2.45, 2.75) is 37.5 Å². The number of piperidine rings is 1. The summed E-state index contributed by atoms with van der Waals surface area (Å²) in [5.41, 5.74) is 1.12. The standard InChI is InChI=1S/C19H23N3OS/c23-18(17(15-6-7-15)14-4-2-1-3-5-14)22-19-21-12-16(24-19)13-8-10-20-11-9-13/h1-5,12-13,15,17,20H,6-11H2,(H,21,22,23). The molecule has 2 heterocycles. The van der Waals surface area contributed by atoms with E-state index < -0.39 is 0 Å². The molecule has 1 saturated carbocycles. The molecular formula is C19H23N3OS. The maximum absolute atomic E-state index is 12.8. The van der Waals surface area contributed by atoms with Gasteiger partial charge in [0.05, 0.1) is 5.92 Å². The third-order valence-corrected chi connectivity index (χ3v) is 6.11. The number of thiazole rings is 1. The largest absolute Gasteiger partial charge is 0.317 e. The molecule has 1 atom stereocenters. The van der Waals surface area contributed by atoms with Crippen LogP contribution in [0, 0.1) is 5.92 Å². The SMILES string of the molecule is O=C(Nc1ncc(C2CCNCC2)s1)C(c1ccccc1)C1CC1. The molecule has 2 aromatic rings. The Bertz CT molecular complexity index is 690. The van der Waals surface area contributed by atoms with Crippen LogP contribution in [0.25, 0.3) is 0 Å². The number of hydrogen-bond donors (Lipinski definition) is 2. The van der Waals surface area contributed by atoms with Gasteiger partial charge in [0.25, 0.3) is 0 Å². The Balaban J connectivity index is 1.46. The summed E-state index contributed by atoms with van der Waals surface area (Å²) in [6.07, 6.45) is 6.55. The smallest absolute Gasteiger partial charge is 0.233 e. The van der Waals surface area contributed by atoms with Crippen molar-refractivity contribution in [3.8, 4) is 0 Å². The van der Waals surface area contributed by atoms with E-state index in [9.17, 15) is 4.79 Å². The molecule has 24 heavy (non-hydrogen) atoms. The Hall–Kier alpha value is -1.72. The Morgan fingerprint density at radius 2 is 1.92 bits per heavy atom. The summed E-state index contributed by atoms with van der Waals surface area (Å²) in [6, 6.07) is 10.1. The van der Waals surface area contributed by atoms with Crippen molar-refractivity contribution >= 4 is 22.4 Å². The molecule has 126 valence electrons. The third-order valence-electron chi connectivity index (χ3n) is 5.03. The fraction of sp³-hybridized carbons (Fsp3) is 0.474. The lowest BCUT2D eigenvalue weighted by molar-refractivity contribution is -0.118. The Labute approximate surface area is 146 Å². The number of hydrogen-bond acceptors (Lipinski definition) is 4. The molecule has 1 saturated heterocycles. The van der Waals surface area contributed by atoms with Crippen molar-refractivity contribution < 1.29 is 4.79 Å². The van der Waals surface area contributed by atoms with Gasteiger partial charge in [-0.1, -0.05) is 30.3 Å². The normalized spacial score (nSPS) is 19.8. The van der Waals surface area contributed by atoms with E-state index in [-0.39, 0.29) is 11.8 Å². The zero-order valence-electron chi connectivity index (χ0n) is 13.7. The Morgan fingerprint density at radius 1 is 1.17 bits per heavy atom. The number of amides is 1. The fourth-order valence-corrected chi connectivity index (χ4v) is 4.54. The number of nitrogens with zero attached hydrogens (tertiary/aromatic N) is 1. The summed E-state index contributed by atoms with van der Waals surface area (Å²) in [6.45, 7) is 2.14. The quantitative estimate of drug-likeness (QED) is 0.871. The molecule has 2 fully saturated rings. The molecule has 1 unspecified atom stereocenters. The van der Waals surface area contributed by atoms with Crippen LogP contribution in [-0.4, -0.2) is 24.0 Å². The molecule has 1 aromatic carbocycles. The molecular weight excluding hydrogens is 318 g/mol. The Morgan fingerprint density at radius 3 is 2.62 bits per heavy atom. The van der Waals surface area contributed by atoms with Crippen molar-refractivity contribution in [3.05, 3.63) is 47.0 Å². The highest BCUT2D eigenvalue weighted by atomic mass is 32.1. The minimum atomic E-state index is -0.0440. The topological polar surface area (TPSA) is 54.0 Å². The monoisotopic (exact) mass is 341 g/mol. The number of rotatable bonds is 5. The van der Waals surface area contributed by atoms with Gasteiger partial charge < -0.3 is 10.6 Å². The van der Waals surface area contributed by atoms with Crippen molar-refractivity contribution in [1.29, 1.82) is 0 Å². The Kier molecular flexibility index (Phi) is 4.63. The van der Waals surface area contributed by atoms with Gasteiger partial charge in [0, 0.05) is 11.1 Å². The van der Waals surface area contributed by atoms with Gasteiger partial charge in [-0.15, -0.1) is 11.3 Å². The molecule has 5 heteroatoms. The van der Waals surface area contributed by atoms with Crippen LogP contribution in [0.3, 0.4) is 0 Å². The highest BCUT2D eigenvalue weighted by Crippen LogP contribution is 2.43. The van der Waals surface area contributed by atoms with Crippen molar-refractivity contribution in [2.24, 2.45) is 5.92 Å². The molecule has 4 nitrogen and oxygen atoms in total. The number of nitrogens with one attached hydrogen (secondary N) is 2. The van der Waals surface area contributed by atoms with Gasteiger partial charge in [-0.05, 0) is 56.2 Å². The van der Waals surface area contributed by atoms with Crippen molar-refractivity contribution in [2.75, 3.05) is 18.4 Å². The predicted molar refractivity (Wildman–Crippen MR) is 97.5 cm³/mol. The molecule has 1 aromatic heterocycles. The molecule has 0 radical (unpaired) electrons. The number of benzene rings is 1. The van der Waals surface area contributed by atoms with E-state index in [1.807, 2.05) is 24.4 Å². The van der Waals surface area contributed by atoms with Gasteiger partial charge in [-0.3, -0.25) is 4.79 Å². The predicted octanol–water partition coefficient (Wildman–Crippen LogP) is 3.74. The lowest BCUT2D eigenvalue weighted by Gasteiger charge is -2.20. The average Bonchev–Trinajstić information content (AvgIpc) is 3.34. The molecule has 2 aliphatic rings. The second kappa shape index (κ2) is 7.03. The minimum Gasteiger partial charge on any atom is -0.317 e. The van der Waals surface area contributed by atoms with Crippen LogP contribution in [0.1, 0.15) is 48.0 Å². The summed E-state index contributed by atoms with van der Waals surface area (Å²) in [4.78, 5) is 18.6. The highest BCUT2D eigenvalue weighted by molar-refractivity contribution is 7.15. The van der Waals surface area contributed by atoms with E-state index in [2.05, 4.69) is 27.8 Å². The summed E-state index contributed by atoms with van der Waals surface area (Å²) in [5.74, 6) is 1.12. The van der Waals surface area contributed by atoms with Gasteiger partial charge in [-0.25, -0.2) is 4.98 Å². The zero-order valence-corrected chi connectivity index (χ0v) is 14.5. The maximum Gasteiger partial charge on any atom is 0.233 e. The number of carbonyl (C=O) groups is 1. The van der Waals surface area contributed by atoms with E-state index >= 15 is 0 Å². The number of aromatic nitrogens is 1. The van der Waals surface area contributed by atoms with Crippen LogP contribution >= 0.6 is 11.3 Å². The second-order valence-electron chi connectivity index (χ2n) is 6.81. The van der Waals surface area contributed by atoms with Crippen LogP contribution in [0.2, 0.25) is 0 Å². The minimum absolute atomic E-state index is 0.0440. The number of carbonyl (C=O) groups excluding carboxylic acids is 1. The third kappa shape index (κ3) is 3.52. The lowest BCUT2D eigenvalue weighted by Crippen LogP contribution is -2.26. The zero-order chi connectivity index (χ0) is 16.4. The van der Waals surface area contributed by atoms with E-state index in [0.717, 1.165) is 49.5 Å². The average molecular weight is 341 g/mol. The van der Waals surface area contributed by atoms with Crippen molar-refractivity contribution in [3.63, 3.8) is 0 Å². The van der Waals surface area contributed by atoms with Crippen molar-refractivity contribution in [1.82, 2.24) is 10.3 Å². The summed E-state index contributed by atoms with van der Waals surface area (Å²) in [7, 11) is 0. The fourth-order valence-electron chi connectivity index (χ4n) is 3.55. The first kappa shape index (κ1) is 15.8. The van der Waals surface area contributed by atoms with E-state index in [0.29, 0.717) is 11.8 Å². The first-order chi connectivity index (χ1) is 11.8. The maximum atomic E-state index is 12.8. The molecule has 1 amide bonds.